The largest absolute Gasteiger partial charge is 0.491 e. The van der Waals surface area contributed by atoms with Gasteiger partial charge in [-0.15, -0.1) is 0 Å². The van der Waals surface area contributed by atoms with E-state index in [4.69, 9.17) is 21.7 Å². The molecule has 12 heteroatoms. The number of nitrogens with zero attached hydrogens (tertiary/aromatic N) is 2. The van der Waals surface area contributed by atoms with E-state index in [0.717, 1.165) is 22.8 Å². The molecule has 7 rings (SSSR count). The van der Waals surface area contributed by atoms with Crippen LogP contribution in [0.3, 0.4) is 0 Å². The highest BCUT2D eigenvalue weighted by molar-refractivity contribution is 9.10. The van der Waals surface area contributed by atoms with Gasteiger partial charge in [0.25, 0.3) is 11.5 Å². The van der Waals surface area contributed by atoms with Gasteiger partial charge in [-0.1, -0.05) is 107 Å². The molecule has 2 atom stereocenters. The lowest BCUT2D eigenvalue weighted by molar-refractivity contribution is -0.138. The van der Waals surface area contributed by atoms with Crippen LogP contribution in [0.1, 0.15) is 57.7 Å². The summed E-state index contributed by atoms with van der Waals surface area (Å²) in [6.45, 7) is 3.95. The van der Waals surface area contributed by atoms with Crippen LogP contribution in [0.2, 0.25) is 0 Å². The predicted molar refractivity (Wildman–Crippen MR) is 215 cm³/mol. The minimum atomic E-state index is -4.64. The van der Waals surface area contributed by atoms with Gasteiger partial charge in [0.05, 0.1) is 23.9 Å². The van der Waals surface area contributed by atoms with Crippen molar-refractivity contribution in [3.63, 3.8) is 0 Å². The first-order chi connectivity index (χ1) is 26.9. The van der Waals surface area contributed by atoms with Crippen LogP contribution in [0.25, 0.3) is 5.69 Å². The van der Waals surface area contributed by atoms with Crippen molar-refractivity contribution in [3.05, 3.63) is 192 Å². The Bertz CT molecular complexity index is 2360. The fraction of sp³-hybridized carbons (Fsp3) is 0.205. The average molecular weight is 841 g/mol. The second-order valence-corrected chi connectivity index (χ2v) is 15.0. The fourth-order valence-corrected chi connectivity index (χ4v) is 7.99. The monoisotopic (exact) mass is 839 g/mol. The molecular weight excluding hydrogens is 803 g/mol. The Morgan fingerprint density at radius 1 is 0.875 bits per heavy atom. The highest BCUT2D eigenvalue weighted by Gasteiger charge is 2.39. The number of H-pyrrole nitrogens is 1. The summed E-state index contributed by atoms with van der Waals surface area (Å²) >= 11 is 8.55. The maximum Gasteiger partial charge on any atom is 0.417 e. The normalized spacial score (nSPS) is 14.9. The van der Waals surface area contributed by atoms with E-state index in [0.29, 0.717) is 22.7 Å². The van der Waals surface area contributed by atoms with Crippen molar-refractivity contribution in [3.8, 4) is 11.4 Å². The molecule has 5 aromatic carbocycles. The zero-order chi connectivity index (χ0) is 39.6. The van der Waals surface area contributed by atoms with Gasteiger partial charge in [0, 0.05) is 27.3 Å². The third-order valence-corrected chi connectivity index (χ3v) is 10.9. The van der Waals surface area contributed by atoms with Crippen molar-refractivity contribution in [1.29, 1.82) is 0 Å². The smallest absolute Gasteiger partial charge is 0.417 e. The number of nitrogens with one attached hydrogen (secondary N) is 1. The molecule has 0 saturated carbocycles. The second-order valence-electron chi connectivity index (χ2n) is 13.7. The Hall–Kier alpha value is -5.30. The van der Waals surface area contributed by atoms with E-state index in [1.54, 1.807) is 31.2 Å². The van der Waals surface area contributed by atoms with E-state index >= 15 is 0 Å². The molecule has 1 aliphatic rings. The Balaban J connectivity index is 1.09. The summed E-state index contributed by atoms with van der Waals surface area (Å²) < 4.78 is 55.3. The maximum atomic E-state index is 13.9. The number of rotatable bonds is 10. The van der Waals surface area contributed by atoms with Crippen LogP contribution in [0.5, 0.6) is 5.75 Å². The first-order valence-electron chi connectivity index (χ1n) is 18.0. The van der Waals surface area contributed by atoms with E-state index in [9.17, 15) is 22.8 Å². The zero-order valence-corrected chi connectivity index (χ0v) is 32.8. The summed E-state index contributed by atoms with van der Waals surface area (Å²) in [5.41, 5.74) is 2.09. The van der Waals surface area contributed by atoms with E-state index in [1.165, 1.54) is 21.6 Å². The van der Waals surface area contributed by atoms with E-state index in [1.807, 2.05) is 61.5 Å². The second kappa shape index (κ2) is 16.0. The molecule has 1 aromatic heterocycles. The summed E-state index contributed by atoms with van der Waals surface area (Å²) in [5, 5.41) is 0. The van der Waals surface area contributed by atoms with E-state index in [2.05, 4.69) is 57.3 Å². The van der Waals surface area contributed by atoms with Crippen molar-refractivity contribution in [1.82, 2.24) is 14.5 Å². The van der Waals surface area contributed by atoms with Crippen LogP contribution in [0, 0.1) is 4.77 Å². The summed E-state index contributed by atoms with van der Waals surface area (Å²) in [6, 6.07) is 40.3. The number of ether oxygens (including phenoxy) is 2. The lowest BCUT2D eigenvalue weighted by Crippen LogP contribution is -2.45. The SMILES string of the molecule is C[C@@H]1Cc2c([nH]c(=S)n(-c3ccc(OC[C@H](C)OC(c4ccccc4)(c4ccccc4)c4ccccc4)cc3)c2=O)CN1C(=O)c1ccc(Br)c(C(F)(F)F)c1. The van der Waals surface area contributed by atoms with Crippen molar-refractivity contribution in [2.45, 2.75) is 50.7 Å². The van der Waals surface area contributed by atoms with Gasteiger partial charge in [-0.3, -0.25) is 14.2 Å². The zero-order valence-electron chi connectivity index (χ0n) is 30.4. The van der Waals surface area contributed by atoms with Gasteiger partial charge < -0.3 is 19.4 Å². The molecule has 56 heavy (non-hydrogen) atoms. The number of benzene rings is 5. The first-order valence-corrected chi connectivity index (χ1v) is 19.2. The number of carbonyl (C=O) groups excluding carboxylic acids is 1. The van der Waals surface area contributed by atoms with Crippen LogP contribution in [-0.2, 0) is 29.5 Å². The minimum Gasteiger partial charge on any atom is -0.491 e. The Labute approximate surface area is 335 Å². The molecule has 6 aromatic rings. The predicted octanol–water partition coefficient (Wildman–Crippen LogP) is 10.0. The summed E-state index contributed by atoms with van der Waals surface area (Å²) in [7, 11) is 0. The van der Waals surface area contributed by atoms with Crippen LogP contribution in [0.15, 0.2) is 143 Å². The highest BCUT2D eigenvalue weighted by Crippen LogP contribution is 2.41. The number of halogens is 4. The van der Waals surface area contributed by atoms with Gasteiger partial charge in [-0.25, -0.2) is 0 Å². The maximum absolute atomic E-state index is 13.9. The molecule has 0 radical (unpaired) electrons. The van der Waals surface area contributed by atoms with Crippen molar-refractivity contribution < 1.29 is 27.4 Å². The molecule has 0 fully saturated rings. The first kappa shape index (κ1) is 39.0. The number of fused-ring (bicyclic) bond motifs is 1. The van der Waals surface area contributed by atoms with Gasteiger partial charge in [0.15, 0.2) is 4.77 Å². The third kappa shape index (κ3) is 7.73. The van der Waals surface area contributed by atoms with Crippen LogP contribution in [0.4, 0.5) is 13.2 Å². The molecule has 286 valence electrons. The number of hydrogen-bond donors (Lipinski definition) is 1. The van der Waals surface area contributed by atoms with E-state index in [-0.39, 0.29) is 46.0 Å². The Kier molecular flexibility index (Phi) is 11.2. The molecule has 1 N–H and O–H groups in total. The molecule has 7 nitrogen and oxygen atoms in total. The molecular formula is C44H37BrF3N3O4S. The van der Waals surface area contributed by atoms with Crippen molar-refractivity contribution >= 4 is 34.1 Å². The number of amides is 1. The van der Waals surface area contributed by atoms with Gasteiger partial charge in [-0.2, -0.15) is 13.2 Å². The molecule has 0 unspecified atom stereocenters. The topological polar surface area (TPSA) is 76.6 Å². The van der Waals surface area contributed by atoms with Crippen molar-refractivity contribution in [2.75, 3.05) is 6.61 Å². The number of aromatic nitrogens is 2. The van der Waals surface area contributed by atoms with Gasteiger partial charge in [0.2, 0.25) is 0 Å². The van der Waals surface area contributed by atoms with E-state index < -0.39 is 29.3 Å². The number of carbonyl (C=O) groups is 1. The number of hydrogen-bond acceptors (Lipinski definition) is 5. The van der Waals surface area contributed by atoms with Crippen LogP contribution < -0.4 is 10.3 Å². The van der Waals surface area contributed by atoms with Gasteiger partial charge in [-0.05, 0) is 91.6 Å². The minimum absolute atomic E-state index is 0.0143. The standard InChI is InChI=1S/C44H37BrF3N3O4S/c1-28-24-36-39(26-50(28)40(52)30-18-23-38(45)37(25-30)44(46,47)48)49-42(56)51(41(36)53)34-19-21-35(22-20-34)54-27-29(2)55-43(31-12-6-3-7-13-31,32-14-8-4-9-15-32)33-16-10-5-11-17-33/h3-23,25,28-29H,24,26-27H2,1-2H3,(H,49,56)/t28-,29+/m1/s1. The molecule has 1 amide bonds. The van der Waals surface area contributed by atoms with Crippen molar-refractivity contribution in [2.24, 2.45) is 0 Å². The molecule has 0 saturated heterocycles. The number of alkyl halides is 3. The molecule has 0 aliphatic carbocycles. The molecule has 0 bridgehead atoms. The van der Waals surface area contributed by atoms with Crippen LogP contribution in [-0.4, -0.2) is 39.1 Å². The lowest BCUT2D eigenvalue weighted by Gasteiger charge is -2.38. The summed E-state index contributed by atoms with van der Waals surface area (Å²) in [5.74, 6) is -0.00919. The summed E-state index contributed by atoms with van der Waals surface area (Å²) in [6.07, 6.45) is -4.82. The molecule has 2 heterocycles. The summed E-state index contributed by atoms with van der Waals surface area (Å²) in [4.78, 5) is 31.9. The molecule has 0 spiro atoms. The Morgan fingerprint density at radius 3 is 1.96 bits per heavy atom. The molecule has 1 aliphatic heterocycles. The average Bonchev–Trinajstić information content (AvgIpc) is 3.20. The van der Waals surface area contributed by atoms with Crippen LogP contribution >= 0.6 is 28.1 Å². The van der Waals surface area contributed by atoms with Gasteiger partial charge in [0.1, 0.15) is 18.0 Å². The Morgan fingerprint density at radius 2 is 1.43 bits per heavy atom. The quantitative estimate of drug-likeness (QED) is 0.110. The highest BCUT2D eigenvalue weighted by atomic mass is 79.9. The number of aromatic amines is 1. The lowest BCUT2D eigenvalue weighted by atomic mass is 9.80. The fourth-order valence-electron chi connectivity index (χ4n) is 7.21. The third-order valence-electron chi connectivity index (χ3n) is 9.92. The van der Waals surface area contributed by atoms with Gasteiger partial charge >= 0.3 is 6.18 Å².